The molecule has 0 spiro atoms. The quantitative estimate of drug-likeness (QED) is 0.813. The Kier molecular flexibility index (Phi) is 3.12. The summed E-state index contributed by atoms with van der Waals surface area (Å²) >= 11 is 1.96. The Labute approximate surface area is 121 Å². The standard InChI is InChI=1S/C14H9BrO3S/c15-9-6-11(14(16)17)10-5-8-3-1-2-4-12(8)19(18)13(10)7-9/h1-4,6-7H,5H2,(H,16,17). The third kappa shape index (κ3) is 2.08. The Hall–Kier alpha value is -1.30. The monoisotopic (exact) mass is 336 g/mol. The van der Waals surface area contributed by atoms with E-state index in [1.165, 1.54) is 0 Å². The van der Waals surface area contributed by atoms with E-state index < -0.39 is 17.1 Å². The molecule has 1 N–H and O–H groups in total. The van der Waals surface area contributed by atoms with Crippen molar-refractivity contribution >= 4 is 33.1 Å². The molecule has 1 aliphatic rings. The van der Waals surface area contributed by atoms with Gasteiger partial charge in [-0.1, -0.05) is 34.1 Å². The summed E-state index contributed by atoms with van der Waals surface area (Å²) in [5, 5.41) is 9.28. The van der Waals surface area contributed by atoms with Crippen molar-refractivity contribution in [2.75, 3.05) is 0 Å². The van der Waals surface area contributed by atoms with Gasteiger partial charge in [-0.05, 0) is 12.1 Å². The van der Waals surface area contributed by atoms with Crippen LogP contribution in [0.25, 0.3) is 0 Å². The van der Waals surface area contributed by atoms with Gasteiger partial charge in [-0.15, -0.1) is 0 Å². The van der Waals surface area contributed by atoms with Crippen LogP contribution >= 0.6 is 15.9 Å². The molecule has 5 heteroatoms. The number of carboxylic acids is 1. The van der Waals surface area contributed by atoms with Crippen LogP contribution in [-0.2, 0) is 17.6 Å². The molecule has 1 aliphatic heterocycles. The predicted octanol–water partition coefficient (Wildman–Crippen LogP) is 3.22. The zero-order chi connectivity index (χ0) is 13.6. The molecule has 0 saturated carbocycles. The molecule has 0 fully saturated rings. The molecule has 2 aromatic carbocycles. The van der Waals surface area contributed by atoms with Crippen LogP contribution in [-0.4, -0.2) is 15.6 Å². The van der Waals surface area contributed by atoms with Crippen LogP contribution in [0.1, 0.15) is 21.5 Å². The largest absolute Gasteiger partial charge is 0.606 e. The van der Waals surface area contributed by atoms with Crippen molar-refractivity contribution in [3.63, 3.8) is 0 Å². The van der Waals surface area contributed by atoms with Crippen LogP contribution in [0.5, 0.6) is 0 Å². The summed E-state index contributed by atoms with van der Waals surface area (Å²) < 4.78 is 13.2. The smallest absolute Gasteiger partial charge is 0.336 e. The fourth-order valence-electron chi connectivity index (χ4n) is 2.29. The van der Waals surface area contributed by atoms with Gasteiger partial charge >= 0.3 is 5.97 Å². The number of carboxylic acid groups (broad SMARTS) is 1. The van der Waals surface area contributed by atoms with Gasteiger partial charge < -0.3 is 9.66 Å². The Morgan fingerprint density at radius 3 is 2.74 bits per heavy atom. The van der Waals surface area contributed by atoms with Crippen molar-refractivity contribution < 1.29 is 14.5 Å². The van der Waals surface area contributed by atoms with Crippen LogP contribution < -0.4 is 0 Å². The minimum Gasteiger partial charge on any atom is -0.606 e. The van der Waals surface area contributed by atoms with Gasteiger partial charge in [0.2, 0.25) is 0 Å². The van der Waals surface area contributed by atoms with Gasteiger partial charge in [0.05, 0.1) is 5.56 Å². The Bertz CT molecular complexity index is 684. The normalized spacial score (nSPS) is 16.6. The van der Waals surface area contributed by atoms with Gasteiger partial charge in [0.15, 0.2) is 9.79 Å². The second-order valence-corrected chi connectivity index (χ2v) is 6.62. The third-order valence-electron chi connectivity index (χ3n) is 3.14. The first kappa shape index (κ1) is 12.7. The van der Waals surface area contributed by atoms with Crippen LogP contribution in [0, 0.1) is 0 Å². The molecule has 1 atom stereocenters. The summed E-state index contributed by atoms with van der Waals surface area (Å²) in [7, 11) is 0. The topological polar surface area (TPSA) is 60.4 Å². The lowest BCUT2D eigenvalue weighted by Crippen LogP contribution is -2.18. The summed E-state index contributed by atoms with van der Waals surface area (Å²) in [6.07, 6.45) is 0.506. The molecule has 3 nitrogen and oxygen atoms in total. The molecule has 0 aromatic heterocycles. The number of fused-ring (bicyclic) bond motifs is 2. The summed E-state index contributed by atoms with van der Waals surface area (Å²) in [6.45, 7) is 0. The number of hydrogen-bond donors (Lipinski definition) is 1. The summed E-state index contributed by atoms with van der Waals surface area (Å²) in [6, 6.07) is 10.7. The summed E-state index contributed by atoms with van der Waals surface area (Å²) in [4.78, 5) is 12.7. The van der Waals surface area contributed by atoms with Gasteiger partial charge in [0.1, 0.15) is 0 Å². The molecule has 1 unspecified atom stereocenters. The van der Waals surface area contributed by atoms with Gasteiger partial charge in [-0.3, -0.25) is 0 Å². The zero-order valence-corrected chi connectivity index (χ0v) is 12.1. The highest BCUT2D eigenvalue weighted by Gasteiger charge is 2.31. The molecule has 0 saturated heterocycles. The van der Waals surface area contributed by atoms with E-state index in [-0.39, 0.29) is 5.56 Å². The second kappa shape index (κ2) is 4.67. The summed E-state index contributed by atoms with van der Waals surface area (Å²) in [5.74, 6) is -0.992. The first-order valence-electron chi connectivity index (χ1n) is 5.63. The zero-order valence-electron chi connectivity index (χ0n) is 9.72. The Morgan fingerprint density at radius 1 is 1.26 bits per heavy atom. The van der Waals surface area contributed by atoms with E-state index in [4.69, 9.17) is 0 Å². The maximum atomic E-state index is 12.5. The van der Waals surface area contributed by atoms with E-state index >= 15 is 0 Å². The van der Waals surface area contributed by atoms with Crippen molar-refractivity contribution in [2.45, 2.75) is 16.2 Å². The van der Waals surface area contributed by atoms with Crippen molar-refractivity contribution in [1.82, 2.24) is 0 Å². The molecular weight excluding hydrogens is 328 g/mol. The molecule has 0 radical (unpaired) electrons. The van der Waals surface area contributed by atoms with E-state index in [0.29, 0.717) is 21.4 Å². The SMILES string of the molecule is O=C(O)c1cc(Br)cc2c1Cc1ccccc1[S+]2[O-]. The van der Waals surface area contributed by atoms with E-state index in [0.717, 1.165) is 10.5 Å². The second-order valence-electron chi connectivity index (χ2n) is 4.29. The van der Waals surface area contributed by atoms with Gasteiger partial charge in [0.25, 0.3) is 0 Å². The van der Waals surface area contributed by atoms with Crippen LogP contribution in [0.3, 0.4) is 0 Å². The maximum Gasteiger partial charge on any atom is 0.336 e. The predicted molar refractivity (Wildman–Crippen MR) is 75.0 cm³/mol. The van der Waals surface area contributed by atoms with Crippen LogP contribution in [0.4, 0.5) is 0 Å². The fourth-order valence-corrected chi connectivity index (χ4v) is 4.36. The lowest BCUT2D eigenvalue weighted by Gasteiger charge is -2.23. The number of hydrogen-bond acceptors (Lipinski definition) is 2. The lowest BCUT2D eigenvalue weighted by molar-refractivity contribution is 0.0695. The fraction of sp³-hybridized carbons (Fsp3) is 0.0714. The van der Waals surface area contributed by atoms with E-state index in [9.17, 15) is 14.5 Å². The molecular formula is C14H9BrO3S. The third-order valence-corrected chi connectivity index (χ3v) is 5.16. The summed E-state index contributed by atoms with van der Waals surface area (Å²) in [5.41, 5.74) is 1.79. The highest BCUT2D eigenvalue weighted by Crippen LogP contribution is 2.37. The number of carbonyl (C=O) groups is 1. The molecule has 19 heavy (non-hydrogen) atoms. The Morgan fingerprint density at radius 2 is 2.00 bits per heavy atom. The van der Waals surface area contributed by atoms with Crippen molar-refractivity contribution in [2.24, 2.45) is 0 Å². The van der Waals surface area contributed by atoms with Crippen LogP contribution in [0.2, 0.25) is 0 Å². The van der Waals surface area contributed by atoms with E-state index in [1.807, 2.05) is 24.3 Å². The molecule has 3 rings (SSSR count). The van der Waals surface area contributed by atoms with Gasteiger partial charge in [-0.25, -0.2) is 4.79 Å². The number of halogens is 1. The average Bonchev–Trinajstić information content (AvgIpc) is 2.39. The minimum absolute atomic E-state index is 0.215. The van der Waals surface area contributed by atoms with Crippen LogP contribution in [0.15, 0.2) is 50.7 Å². The molecule has 0 aliphatic carbocycles. The first-order valence-corrected chi connectivity index (χ1v) is 7.57. The van der Waals surface area contributed by atoms with Crippen molar-refractivity contribution in [3.8, 4) is 0 Å². The Balaban J connectivity index is 2.25. The number of rotatable bonds is 1. The van der Waals surface area contributed by atoms with Crippen molar-refractivity contribution in [3.05, 3.63) is 57.6 Å². The van der Waals surface area contributed by atoms with Gasteiger partial charge in [-0.2, -0.15) is 0 Å². The lowest BCUT2D eigenvalue weighted by atomic mass is 9.99. The number of aromatic carboxylic acids is 1. The van der Waals surface area contributed by atoms with E-state index in [1.54, 1.807) is 12.1 Å². The van der Waals surface area contributed by atoms with Gasteiger partial charge in [0, 0.05) is 39.3 Å². The molecule has 1 heterocycles. The highest BCUT2D eigenvalue weighted by atomic mass is 79.9. The average molecular weight is 337 g/mol. The molecule has 0 amide bonds. The molecule has 2 aromatic rings. The highest BCUT2D eigenvalue weighted by molar-refractivity contribution is 9.10. The number of benzene rings is 2. The van der Waals surface area contributed by atoms with E-state index in [2.05, 4.69) is 15.9 Å². The first-order chi connectivity index (χ1) is 9.08. The maximum absolute atomic E-state index is 12.5. The van der Waals surface area contributed by atoms with Crippen molar-refractivity contribution in [1.29, 1.82) is 0 Å². The molecule has 96 valence electrons. The molecule has 0 bridgehead atoms. The minimum atomic E-state index is -1.32.